The van der Waals surface area contributed by atoms with Crippen molar-refractivity contribution < 1.29 is 23.9 Å². The van der Waals surface area contributed by atoms with E-state index in [4.69, 9.17) is 9.47 Å². The Morgan fingerprint density at radius 2 is 1.78 bits per heavy atom. The van der Waals surface area contributed by atoms with Crippen molar-refractivity contribution in [1.29, 1.82) is 0 Å². The number of rotatable bonds is 8. The van der Waals surface area contributed by atoms with Crippen molar-refractivity contribution in [2.45, 2.75) is 6.92 Å². The Morgan fingerprint density at radius 3 is 2.48 bits per heavy atom. The number of nitrogens with zero attached hydrogens (tertiary/aromatic N) is 1. The molecule has 0 aliphatic carbocycles. The van der Waals surface area contributed by atoms with E-state index in [2.05, 4.69) is 15.6 Å². The molecule has 2 N–H and O–H groups in total. The molecule has 1 aromatic heterocycles. The molecule has 8 heteroatoms. The predicted molar refractivity (Wildman–Crippen MR) is 98.8 cm³/mol. The third-order valence-corrected chi connectivity index (χ3v) is 3.52. The fourth-order valence-corrected chi connectivity index (χ4v) is 2.23. The van der Waals surface area contributed by atoms with Crippen molar-refractivity contribution in [3.05, 3.63) is 59.4 Å². The van der Waals surface area contributed by atoms with Crippen LogP contribution in [-0.4, -0.2) is 49.6 Å². The molecular formula is C19H21N3O5. The van der Waals surface area contributed by atoms with Crippen LogP contribution < -0.4 is 10.6 Å². The van der Waals surface area contributed by atoms with Gasteiger partial charge in [-0.15, -0.1) is 0 Å². The van der Waals surface area contributed by atoms with Gasteiger partial charge in [-0.25, -0.2) is 4.79 Å². The van der Waals surface area contributed by atoms with Crippen molar-refractivity contribution in [2.24, 2.45) is 0 Å². The number of methoxy groups -OCH3 is 1. The molecule has 27 heavy (non-hydrogen) atoms. The summed E-state index contributed by atoms with van der Waals surface area (Å²) < 4.78 is 9.86. The Kier molecular flexibility index (Phi) is 7.45. The van der Waals surface area contributed by atoms with Gasteiger partial charge in [0.05, 0.1) is 35.6 Å². The first kappa shape index (κ1) is 20.1. The summed E-state index contributed by atoms with van der Waals surface area (Å²) in [6, 6.07) is 7.95. The fraction of sp³-hybridized carbons (Fsp3) is 0.263. The summed E-state index contributed by atoms with van der Waals surface area (Å²) in [7, 11) is 1.53. The highest BCUT2D eigenvalue weighted by atomic mass is 16.5. The molecule has 0 spiro atoms. The van der Waals surface area contributed by atoms with Crippen molar-refractivity contribution in [1.82, 2.24) is 10.3 Å². The van der Waals surface area contributed by atoms with Crippen molar-refractivity contribution >= 4 is 23.5 Å². The first-order chi connectivity index (χ1) is 13.1. The molecule has 0 radical (unpaired) electrons. The molecule has 0 fully saturated rings. The standard InChI is InChI=1S/C19H21N3O5/c1-3-27-19(25)15-6-4-5-7-16(15)22-18(24)14-10-13(11-20-12-14)17(23)21-8-9-26-2/h4-7,10-12H,3,8-9H2,1-2H3,(H,21,23)(H,22,24). The Balaban J connectivity index is 2.14. The summed E-state index contributed by atoms with van der Waals surface area (Å²) in [4.78, 5) is 40.5. The van der Waals surface area contributed by atoms with Crippen molar-refractivity contribution in [2.75, 3.05) is 32.2 Å². The lowest BCUT2D eigenvalue weighted by Crippen LogP contribution is -2.27. The molecule has 1 heterocycles. The molecule has 1 aromatic carbocycles. The van der Waals surface area contributed by atoms with E-state index in [1.165, 1.54) is 25.6 Å². The molecule has 0 aliphatic heterocycles. The largest absolute Gasteiger partial charge is 0.462 e. The van der Waals surface area contributed by atoms with Gasteiger partial charge in [-0.1, -0.05) is 12.1 Å². The third-order valence-electron chi connectivity index (χ3n) is 3.52. The highest BCUT2D eigenvalue weighted by molar-refractivity contribution is 6.08. The minimum Gasteiger partial charge on any atom is -0.462 e. The van der Waals surface area contributed by atoms with Crippen LogP contribution in [0.4, 0.5) is 5.69 Å². The Hall–Kier alpha value is -3.26. The number of nitrogens with one attached hydrogen (secondary N) is 2. The average Bonchev–Trinajstić information content (AvgIpc) is 2.68. The van der Waals surface area contributed by atoms with Crippen LogP contribution in [0.3, 0.4) is 0 Å². The molecule has 142 valence electrons. The Labute approximate surface area is 156 Å². The second-order valence-electron chi connectivity index (χ2n) is 5.43. The van der Waals surface area contributed by atoms with Gasteiger partial charge in [0.15, 0.2) is 0 Å². The van der Waals surface area contributed by atoms with Crippen molar-refractivity contribution in [3.8, 4) is 0 Å². The van der Waals surface area contributed by atoms with E-state index in [1.54, 1.807) is 31.2 Å². The molecule has 0 aliphatic rings. The van der Waals surface area contributed by atoms with Crippen LogP contribution in [0.15, 0.2) is 42.7 Å². The summed E-state index contributed by atoms with van der Waals surface area (Å²) >= 11 is 0. The van der Waals surface area contributed by atoms with Gasteiger partial charge in [0.2, 0.25) is 0 Å². The average molecular weight is 371 g/mol. The lowest BCUT2D eigenvalue weighted by molar-refractivity contribution is 0.0527. The number of para-hydroxylation sites is 1. The van der Waals surface area contributed by atoms with Crippen LogP contribution >= 0.6 is 0 Å². The second kappa shape index (κ2) is 10.0. The summed E-state index contributed by atoms with van der Waals surface area (Å²) in [5.41, 5.74) is 0.996. The molecule has 2 rings (SSSR count). The lowest BCUT2D eigenvalue weighted by atomic mass is 10.1. The maximum Gasteiger partial charge on any atom is 0.340 e. The quantitative estimate of drug-likeness (QED) is 0.542. The lowest BCUT2D eigenvalue weighted by Gasteiger charge is -2.11. The van der Waals surface area contributed by atoms with Gasteiger partial charge in [-0.3, -0.25) is 14.6 Å². The first-order valence-electron chi connectivity index (χ1n) is 8.36. The monoisotopic (exact) mass is 371 g/mol. The van der Waals surface area contributed by atoms with E-state index in [-0.39, 0.29) is 29.2 Å². The molecule has 0 bridgehead atoms. The van der Waals surface area contributed by atoms with E-state index >= 15 is 0 Å². The van der Waals surface area contributed by atoms with Gasteiger partial charge >= 0.3 is 5.97 Å². The van der Waals surface area contributed by atoms with Crippen molar-refractivity contribution in [3.63, 3.8) is 0 Å². The molecule has 0 atom stereocenters. The minimum absolute atomic E-state index is 0.188. The number of carbonyl (C=O) groups is 3. The zero-order valence-corrected chi connectivity index (χ0v) is 15.2. The fourth-order valence-electron chi connectivity index (χ4n) is 2.23. The van der Waals surface area contributed by atoms with Crippen LogP contribution in [0.2, 0.25) is 0 Å². The Morgan fingerprint density at radius 1 is 1.07 bits per heavy atom. The molecule has 2 amide bonds. The number of esters is 1. The molecule has 2 aromatic rings. The zero-order valence-electron chi connectivity index (χ0n) is 15.2. The summed E-state index contributed by atoms with van der Waals surface area (Å²) in [5, 5.41) is 5.31. The normalized spacial score (nSPS) is 10.1. The van der Waals surface area contributed by atoms with Crippen LogP contribution in [0, 0.1) is 0 Å². The number of hydrogen-bond donors (Lipinski definition) is 2. The van der Waals surface area contributed by atoms with E-state index in [0.717, 1.165) is 0 Å². The maximum atomic E-state index is 12.5. The molecule has 8 nitrogen and oxygen atoms in total. The number of benzene rings is 1. The molecular weight excluding hydrogens is 350 g/mol. The number of amides is 2. The predicted octanol–water partition coefficient (Wildman–Crippen LogP) is 1.89. The van der Waals surface area contributed by atoms with Crippen LogP contribution in [0.5, 0.6) is 0 Å². The molecule has 0 unspecified atom stereocenters. The topological polar surface area (TPSA) is 107 Å². The van der Waals surface area contributed by atoms with Gasteiger partial charge in [-0.05, 0) is 25.1 Å². The van der Waals surface area contributed by atoms with Gasteiger partial charge in [0.1, 0.15) is 0 Å². The van der Waals surface area contributed by atoms with Gasteiger partial charge in [0, 0.05) is 26.0 Å². The summed E-state index contributed by atoms with van der Waals surface area (Å²) in [5.74, 6) is -1.38. The third kappa shape index (κ3) is 5.61. The van der Waals surface area contributed by atoms with Crippen LogP contribution in [0.1, 0.15) is 38.0 Å². The summed E-state index contributed by atoms with van der Waals surface area (Å²) in [6.07, 6.45) is 2.71. The van der Waals surface area contributed by atoms with E-state index < -0.39 is 11.9 Å². The second-order valence-corrected chi connectivity index (χ2v) is 5.43. The minimum atomic E-state index is -0.530. The van der Waals surface area contributed by atoms with Crippen LogP contribution in [0.25, 0.3) is 0 Å². The van der Waals surface area contributed by atoms with Gasteiger partial charge in [0.25, 0.3) is 11.8 Å². The molecule has 0 saturated heterocycles. The van der Waals surface area contributed by atoms with Crippen LogP contribution in [-0.2, 0) is 9.47 Å². The summed E-state index contributed by atoms with van der Waals surface area (Å²) in [6.45, 7) is 2.65. The first-order valence-corrected chi connectivity index (χ1v) is 8.36. The highest BCUT2D eigenvalue weighted by Crippen LogP contribution is 2.17. The number of aromatic nitrogens is 1. The number of hydrogen-bond acceptors (Lipinski definition) is 6. The van der Waals surface area contributed by atoms with Gasteiger partial charge < -0.3 is 20.1 Å². The molecule has 0 saturated carbocycles. The number of ether oxygens (including phenoxy) is 2. The number of pyridine rings is 1. The number of carbonyl (C=O) groups excluding carboxylic acids is 3. The smallest absolute Gasteiger partial charge is 0.340 e. The maximum absolute atomic E-state index is 12.5. The van der Waals surface area contributed by atoms with Gasteiger partial charge in [-0.2, -0.15) is 0 Å². The van der Waals surface area contributed by atoms with E-state index in [9.17, 15) is 14.4 Å². The zero-order chi connectivity index (χ0) is 19.6. The van der Waals surface area contributed by atoms with E-state index in [1.807, 2.05) is 0 Å². The number of anilines is 1. The Bertz CT molecular complexity index is 822. The SMILES string of the molecule is CCOC(=O)c1ccccc1NC(=O)c1cncc(C(=O)NCCOC)c1. The highest BCUT2D eigenvalue weighted by Gasteiger charge is 2.16. The van der Waals surface area contributed by atoms with E-state index in [0.29, 0.717) is 18.8 Å².